The second-order valence-corrected chi connectivity index (χ2v) is 9.45. The molecule has 0 N–H and O–H groups in total. The highest BCUT2D eigenvalue weighted by atomic mass is 79.9. The van der Waals surface area contributed by atoms with Crippen LogP contribution < -0.4 is 0 Å². The minimum Gasteiger partial charge on any atom is -0.443 e. The zero-order chi connectivity index (χ0) is 20.2. The first kappa shape index (κ1) is 18.1. The Labute approximate surface area is 175 Å². The molecule has 144 valence electrons. The summed E-state index contributed by atoms with van der Waals surface area (Å²) in [7, 11) is -3.81. The normalized spacial score (nSPS) is 12.1. The van der Waals surface area contributed by atoms with E-state index in [0.717, 1.165) is 26.5 Å². The van der Waals surface area contributed by atoms with Gasteiger partial charge < -0.3 is 4.42 Å². The van der Waals surface area contributed by atoms with Gasteiger partial charge in [-0.1, -0.05) is 23.8 Å². The van der Waals surface area contributed by atoms with Gasteiger partial charge in [0.15, 0.2) is 17.6 Å². The first-order valence-corrected chi connectivity index (χ1v) is 11.0. The van der Waals surface area contributed by atoms with E-state index in [-0.39, 0.29) is 4.90 Å². The van der Waals surface area contributed by atoms with E-state index in [1.165, 1.54) is 10.4 Å². The first-order chi connectivity index (χ1) is 13.9. The monoisotopic (exact) mass is 467 g/mol. The van der Waals surface area contributed by atoms with Crippen molar-refractivity contribution in [3.05, 3.63) is 77.4 Å². The van der Waals surface area contributed by atoms with Crippen LogP contribution in [-0.2, 0) is 10.0 Å². The lowest BCUT2D eigenvalue weighted by Crippen LogP contribution is -2.12. The van der Waals surface area contributed by atoms with Crippen molar-refractivity contribution in [2.24, 2.45) is 0 Å². The quantitative estimate of drug-likeness (QED) is 0.366. The van der Waals surface area contributed by atoms with Crippen LogP contribution in [0.3, 0.4) is 0 Å². The molecule has 0 atom stereocenters. The van der Waals surface area contributed by atoms with E-state index in [1.807, 2.05) is 31.2 Å². The minimum absolute atomic E-state index is 0.211. The van der Waals surface area contributed by atoms with Crippen molar-refractivity contribution in [2.75, 3.05) is 0 Å². The fourth-order valence-corrected chi connectivity index (χ4v) is 4.97. The molecule has 0 fully saturated rings. The van der Waals surface area contributed by atoms with Crippen molar-refractivity contribution >= 4 is 48.1 Å². The Balaban J connectivity index is 1.78. The van der Waals surface area contributed by atoms with Crippen LogP contribution in [0.5, 0.6) is 0 Å². The zero-order valence-corrected chi connectivity index (χ0v) is 17.6. The lowest BCUT2D eigenvalue weighted by Gasteiger charge is -2.07. The fourth-order valence-electron chi connectivity index (χ4n) is 3.32. The molecule has 3 heterocycles. The van der Waals surface area contributed by atoms with Gasteiger partial charge >= 0.3 is 0 Å². The Hall–Kier alpha value is -2.97. The Kier molecular flexibility index (Phi) is 4.07. The number of nitrogens with zero attached hydrogens (tertiary/aromatic N) is 3. The standard InChI is InChI=1S/C21H14BrN3O3S/c1-13-2-5-16(6-3-13)29(26,27)25-11-18(17-9-15(22)10-23-21(17)25)14-4-7-20-19(8-14)24-12-28-20/h2-12H,1H3. The van der Waals surface area contributed by atoms with Crippen LogP contribution >= 0.6 is 15.9 Å². The number of aromatic nitrogens is 3. The summed E-state index contributed by atoms with van der Waals surface area (Å²) in [5, 5.41) is 0.720. The maximum atomic E-state index is 13.3. The van der Waals surface area contributed by atoms with Crippen LogP contribution in [0, 0.1) is 6.92 Å². The summed E-state index contributed by atoms with van der Waals surface area (Å²) >= 11 is 3.44. The molecule has 0 amide bonds. The average Bonchev–Trinajstić information content (AvgIpc) is 3.32. The molecule has 3 aromatic heterocycles. The number of fused-ring (bicyclic) bond motifs is 2. The number of benzene rings is 2. The van der Waals surface area contributed by atoms with Crippen molar-refractivity contribution < 1.29 is 12.8 Å². The summed E-state index contributed by atoms with van der Waals surface area (Å²) in [6, 6.07) is 14.2. The highest BCUT2D eigenvalue weighted by Crippen LogP contribution is 2.34. The molecular formula is C21H14BrN3O3S. The van der Waals surface area contributed by atoms with Crippen LogP contribution in [0.15, 0.2) is 81.1 Å². The SMILES string of the molecule is Cc1ccc(S(=O)(=O)n2cc(-c3ccc4ocnc4c3)c3cc(Br)cnc32)cc1. The number of aryl methyl sites for hydroxylation is 1. The molecule has 0 bridgehead atoms. The van der Waals surface area contributed by atoms with Crippen LogP contribution in [0.4, 0.5) is 0 Å². The van der Waals surface area contributed by atoms with E-state index >= 15 is 0 Å². The van der Waals surface area contributed by atoms with E-state index in [1.54, 1.807) is 36.7 Å². The van der Waals surface area contributed by atoms with Crippen LogP contribution in [-0.4, -0.2) is 22.4 Å². The van der Waals surface area contributed by atoms with E-state index in [2.05, 4.69) is 25.9 Å². The van der Waals surface area contributed by atoms with Gasteiger partial charge in [0.05, 0.1) is 4.90 Å². The number of hydrogen-bond donors (Lipinski definition) is 0. The second-order valence-electron chi connectivity index (χ2n) is 6.72. The number of rotatable bonds is 3. The van der Waals surface area contributed by atoms with E-state index in [0.29, 0.717) is 16.7 Å². The predicted octanol–water partition coefficient (Wildman–Crippen LogP) is 5.15. The molecule has 5 aromatic rings. The Morgan fingerprint density at radius 1 is 1.03 bits per heavy atom. The van der Waals surface area contributed by atoms with E-state index in [4.69, 9.17) is 4.42 Å². The molecule has 0 radical (unpaired) electrons. The Morgan fingerprint density at radius 3 is 2.62 bits per heavy atom. The van der Waals surface area contributed by atoms with Crippen LogP contribution in [0.25, 0.3) is 33.3 Å². The van der Waals surface area contributed by atoms with Gasteiger partial charge in [0.1, 0.15) is 5.52 Å². The van der Waals surface area contributed by atoms with Crippen LogP contribution in [0.1, 0.15) is 5.56 Å². The van der Waals surface area contributed by atoms with Gasteiger partial charge in [-0.3, -0.25) is 0 Å². The topological polar surface area (TPSA) is 78.0 Å². The molecule has 0 spiro atoms. The predicted molar refractivity (Wildman–Crippen MR) is 114 cm³/mol. The second kappa shape index (κ2) is 6.53. The molecule has 0 aliphatic heterocycles. The van der Waals surface area contributed by atoms with Crippen molar-refractivity contribution in [3.8, 4) is 11.1 Å². The zero-order valence-electron chi connectivity index (χ0n) is 15.2. The largest absolute Gasteiger partial charge is 0.443 e. The third-order valence-corrected chi connectivity index (χ3v) is 6.90. The Bertz CT molecular complexity index is 1490. The smallest absolute Gasteiger partial charge is 0.269 e. The molecule has 0 unspecified atom stereocenters. The summed E-state index contributed by atoms with van der Waals surface area (Å²) in [4.78, 5) is 8.80. The number of halogens is 1. The summed E-state index contributed by atoms with van der Waals surface area (Å²) in [6.45, 7) is 1.92. The number of hydrogen-bond acceptors (Lipinski definition) is 5. The maximum absolute atomic E-state index is 13.3. The lowest BCUT2D eigenvalue weighted by molar-refractivity contribution is 0.588. The van der Waals surface area contributed by atoms with Crippen molar-refractivity contribution in [2.45, 2.75) is 11.8 Å². The molecule has 0 aliphatic carbocycles. The molecule has 0 saturated heterocycles. The van der Waals surface area contributed by atoms with Gasteiger partial charge in [-0.25, -0.2) is 22.4 Å². The minimum atomic E-state index is -3.81. The van der Waals surface area contributed by atoms with Gasteiger partial charge in [0.2, 0.25) is 0 Å². The average molecular weight is 468 g/mol. The van der Waals surface area contributed by atoms with Crippen molar-refractivity contribution in [3.63, 3.8) is 0 Å². The molecule has 6 nitrogen and oxygen atoms in total. The first-order valence-electron chi connectivity index (χ1n) is 8.76. The summed E-state index contributed by atoms with van der Waals surface area (Å²) in [5.74, 6) is 0. The number of oxazole rings is 1. The highest BCUT2D eigenvalue weighted by Gasteiger charge is 2.23. The third kappa shape index (κ3) is 2.95. The Morgan fingerprint density at radius 2 is 1.83 bits per heavy atom. The third-order valence-electron chi connectivity index (χ3n) is 4.80. The van der Waals surface area contributed by atoms with Gasteiger partial charge in [-0.05, 0) is 58.7 Å². The van der Waals surface area contributed by atoms with E-state index in [9.17, 15) is 8.42 Å². The highest BCUT2D eigenvalue weighted by molar-refractivity contribution is 9.10. The van der Waals surface area contributed by atoms with Gasteiger partial charge in [-0.15, -0.1) is 0 Å². The maximum Gasteiger partial charge on any atom is 0.269 e. The van der Waals surface area contributed by atoms with Gasteiger partial charge in [0.25, 0.3) is 10.0 Å². The summed E-state index contributed by atoms with van der Waals surface area (Å²) in [5.41, 5.74) is 4.30. The molecule has 0 saturated carbocycles. The summed E-state index contributed by atoms with van der Waals surface area (Å²) in [6.07, 6.45) is 4.59. The molecule has 0 aliphatic rings. The molecule has 8 heteroatoms. The van der Waals surface area contributed by atoms with Crippen molar-refractivity contribution in [1.82, 2.24) is 13.9 Å². The van der Waals surface area contributed by atoms with Gasteiger partial charge in [0, 0.05) is 27.8 Å². The molecular weight excluding hydrogens is 454 g/mol. The van der Waals surface area contributed by atoms with E-state index < -0.39 is 10.0 Å². The van der Waals surface area contributed by atoms with Gasteiger partial charge in [-0.2, -0.15) is 0 Å². The van der Waals surface area contributed by atoms with Crippen molar-refractivity contribution in [1.29, 1.82) is 0 Å². The fraction of sp³-hybridized carbons (Fsp3) is 0.0476. The summed E-state index contributed by atoms with van der Waals surface area (Å²) < 4.78 is 34.0. The van der Waals surface area contributed by atoms with Crippen LogP contribution in [0.2, 0.25) is 0 Å². The molecule has 29 heavy (non-hydrogen) atoms. The number of pyridine rings is 1. The molecule has 5 rings (SSSR count). The molecule has 2 aromatic carbocycles. The lowest BCUT2D eigenvalue weighted by atomic mass is 10.1.